The van der Waals surface area contributed by atoms with Crippen molar-refractivity contribution in [1.82, 2.24) is 10.2 Å². The van der Waals surface area contributed by atoms with E-state index in [0.717, 1.165) is 29.7 Å². The molecular weight excluding hydrogens is 593 g/mol. The molecule has 0 radical (unpaired) electrons. The quantitative estimate of drug-likeness (QED) is 0.244. The van der Waals surface area contributed by atoms with Gasteiger partial charge < -0.3 is 10.2 Å². The zero-order valence-corrected chi connectivity index (χ0v) is 31.4. The predicted octanol–water partition coefficient (Wildman–Crippen LogP) is 11.6. The van der Waals surface area contributed by atoms with E-state index in [9.17, 15) is 0 Å². The lowest BCUT2D eigenvalue weighted by atomic mass is 9.67. The largest absolute Gasteiger partial charge is 0.377 e. The van der Waals surface area contributed by atoms with Gasteiger partial charge in [-0.05, 0) is 94.6 Å². The molecule has 1 aromatic carbocycles. The molecule has 2 heterocycles. The van der Waals surface area contributed by atoms with Gasteiger partial charge >= 0.3 is 0 Å². The summed E-state index contributed by atoms with van der Waals surface area (Å²) in [5, 5.41) is 4.19. The molecule has 2 nitrogen and oxygen atoms in total. The monoisotopic (exact) mass is 646 g/mol. The van der Waals surface area contributed by atoms with E-state index in [0.29, 0.717) is 0 Å². The van der Waals surface area contributed by atoms with Crippen LogP contribution in [0.15, 0.2) is 165 Å². The van der Waals surface area contributed by atoms with E-state index in [4.69, 9.17) is 6.58 Å². The summed E-state index contributed by atoms with van der Waals surface area (Å²) in [4.78, 5) is 2.44. The van der Waals surface area contributed by atoms with Crippen molar-refractivity contribution < 1.29 is 0 Å². The molecule has 0 saturated heterocycles. The van der Waals surface area contributed by atoms with Gasteiger partial charge in [0.1, 0.15) is 0 Å². The van der Waals surface area contributed by atoms with E-state index < -0.39 is 0 Å². The zero-order chi connectivity index (χ0) is 35.5. The lowest BCUT2D eigenvalue weighted by Gasteiger charge is -2.44. The molecule has 1 aromatic rings. The molecule has 3 aliphatic carbocycles. The Morgan fingerprint density at radius 3 is 2.41 bits per heavy atom. The molecule has 49 heavy (non-hydrogen) atoms. The van der Waals surface area contributed by atoms with Gasteiger partial charge in [-0.15, -0.1) is 11.5 Å². The van der Waals surface area contributed by atoms with Crippen molar-refractivity contribution in [2.75, 3.05) is 0 Å². The van der Waals surface area contributed by atoms with E-state index in [1.165, 1.54) is 56.0 Å². The number of rotatable bonds is 6. The topological polar surface area (TPSA) is 15.3 Å². The summed E-state index contributed by atoms with van der Waals surface area (Å²) in [6.07, 6.45) is 22.2. The van der Waals surface area contributed by atoms with Crippen LogP contribution in [0, 0.1) is 16.7 Å². The summed E-state index contributed by atoms with van der Waals surface area (Å²) in [5.41, 5.74) is 22.5. The Labute approximate surface area is 296 Å². The Hall–Kier alpha value is -4.48. The lowest BCUT2D eigenvalue weighted by molar-refractivity contribution is 0.391. The Kier molecular flexibility index (Phi) is 8.73. The van der Waals surface area contributed by atoms with Crippen molar-refractivity contribution in [1.29, 1.82) is 0 Å². The van der Waals surface area contributed by atoms with Crippen molar-refractivity contribution in [2.24, 2.45) is 16.7 Å². The van der Waals surface area contributed by atoms with E-state index in [1.807, 2.05) is 0 Å². The molecule has 6 rings (SSSR count). The Morgan fingerprint density at radius 2 is 1.78 bits per heavy atom. The summed E-state index contributed by atoms with van der Waals surface area (Å²) in [7, 11) is 0. The second kappa shape index (κ2) is 12.4. The fourth-order valence-corrected chi connectivity index (χ4v) is 8.42. The first-order valence-electron chi connectivity index (χ1n) is 17.9. The number of hydrogen-bond acceptors (Lipinski definition) is 2. The lowest BCUT2D eigenvalue weighted by Crippen LogP contribution is -2.44. The van der Waals surface area contributed by atoms with Crippen LogP contribution in [0.2, 0.25) is 0 Å². The molecule has 0 saturated carbocycles. The van der Waals surface area contributed by atoms with Crippen LogP contribution in [0.5, 0.6) is 0 Å². The third-order valence-electron chi connectivity index (χ3n) is 11.2. The van der Waals surface area contributed by atoms with Crippen molar-refractivity contribution in [3.05, 3.63) is 176 Å². The van der Waals surface area contributed by atoms with E-state index in [2.05, 4.69) is 177 Å². The number of nitrogens with one attached hydrogen (secondary N) is 1. The maximum Gasteiger partial charge on any atom is 0.0688 e. The number of hydrogen-bond donors (Lipinski definition) is 1. The summed E-state index contributed by atoms with van der Waals surface area (Å²) in [6.45, 7) is 32.4. The minimum Gasteiger partial charge on any atom is -0.377 e. The van der Waals surface area contributed by atoms with Crippen LogP contribution in [-0.2, 0) is 11.8 Å². The van der Waals surface area contributed by atoms with Crippen LogP contribution in [0.1, 0.15) is 86.8 Å². The minimum absolute atomic E-state index is 0.0931. The standard InChI is InChI=1S/C47H54N2/c1-13-33-18-14-15-21-37(33)46(9,10)36-27-25-35-31(4)42-43(32(36)5)48-41-23-17-22-39(41)47(11,12)38(35)28-29-49(34-19-16-20-34)44(42)40(45(6,7)8)26-24-30(2)3/h14-18,21,23-29,42-43,48H,2,4,13,19H2,1,3,5-12H3/b26-24-,27-25-,29-28-,36-32-,38-35+,44-40-. The summed E-state index contributed by atoms with van der Waals surface area (Å²) < 4.78 is 0. The van der Waals surface area contributed by atoms with Gasteiger partial charge in [0.15, 0.2) is 0 Å². The molecule has 5 aliphatic rings. The molecular formula is C47H54N2. The van der Waals surface area contributed by atoms with E-state index in [1.54, 1.807) is 0 Å². The molecule has 2 heteroatoms. The van der Waals surface area contributed by atoms with E-state index in [-0.39, 0.29) is 28.2 Å². The van der Waals surface area contributed by atoms with Crippen LogP contribution >= 0.6 is 0 Å². The fraction of sp³-hybridized carbons (Fsp3) is 0.362. The molecule has 2 aliphatic heterocycles. The van der Waals surface area contributed by atoms with Gasteiger partial charge in [0.05, 0.1) is 11.7 Å². The number of allylic oxidation sites excluding steroid dienone is 12. The average molecular weight is 647 g/mol. The number of fused-ring (bicyclic) bond motifs is 1. The van der Waals surface area contributed by atoms with Crippen LogP contribution in [0.25, 0.3) is 0 Å². The van der Waals surface area contributed by atoms with E-state index >= 15 is 0 Å². The van der Waals surface area contributed by atoms with Crippen molar-refractivity contribution in [3.8, 4) is 0 Å². The maximum atomic E-state index is 5.04. The van der Waals surface area contributed by atoms with Gasteiger partial charge in [-0.1, -0.05) is 123 Å². The Bertz CT molecular complexity index is 2000. The van der Waals surface area contributed by atoms with Gasteiger partial charge in [-0.2, -0.15) is 0 Å². The van der Waals surface area contributed by atoms with Crippen LogP contribution in [0.3, 0.4) is 0 Å². The van der Waals surface area contributed by atoms with Crippen LogP contribution in [0.4, 0.5) is 0 Å². The van der Waals surface area contributed by atoms with Gasteiger partial charge in [0.2, 0.25) is 0 Å². The highest BCUT2D eigenvalue weighted by molar-refractivity contribution is 5.64. The van der Waals surface area contributed by atoms with Gasteiger partial charge in [0, 0.05) is 46.3 Å². The second-order valence-corrected chi connectivity index (χ2v) is 16.3. The Morgan fingerprint density at radius 1 is 1.06 bits per heavy atom. The highest BCUT2D eigenvalue weighted by Gasteiger charge is 2.45. The Balaban J connectivity index is 1.79. The van der Waals surface area contributed by atoms with Gasteiger partial charge in [-0.25, -0.2) is 0 Å². The third-order valence-corrected chi connectivity index (χ3v) is 11.2. The average Bonchev–Trinajstić information content (AvgIpc) is 3.48. The zero-order valence-electron chi connectivity index (χ0n) is 31.4. The number of aryl methyl sites for hydroxylation is 1. The van der Waals surface area contributed by atoms with Crippen molar-refractivity contribution in [2.45, 2.75) is 93.5 Å². The number of nitrogens with zero attached hydrogens (tertiary/aromatic N) is 1. The first-order chi connectivity index (χ1) is 23.1. The SMILES string of the molecule is C=C(C)/C=C\C(=C1/C2C(=C)C3=C(\C=C/N1C1=C=CC1)C(C)(C)C1=C=CC=C1NC2/C(C)=C(C(C)(C)c1ccccc1CC)/C=C\3)C(C)(C)C. The molecule has 1 N–H and O–H groups in total. The molecule has 0 spiro atoms. The fourth-order valence-electron chi connectivity index (χ4n) is 8.42. The van der Waals surface area contributed by atoms with Crippen LogP contribution < -0.4 is 5.32 Å². The van der Waals surface area contributed by atoms with Crippen LogP contribution in [-0.4, -0.2) is 10.9 Å². The molecule has 2 atom stereocenters. The van der Waals surface area contributed by atoms with Crippen molar-refractivity contribution >= 4 is 0 Å². The smallest absolute Gasteiger partial charge is 0.0688 e. The third kappa shape index (κ3) is 5.82. The van der Waals surface area contributed by atoms with Gasteiger partial charge in [0.25, 0.3) is 0 Å². The number of benzene rings is 1. The molecule has 0 amide bonds. The highest BCUT2D eigenvalue weighted by Crippen LogP contribution is 2.52. The molecule has 2 unspecified atom stereocenters. The summed E-state index contributed by atoms with van der Waals surface area (Å²) >= 11 is 0. The molecule has 252 valence electrons. The maximum absolute atomic E-state index is 5.04. The molecule has 0 fully saturated rings. The van der Waals surface area contributed by atoms with Gasteiger partial charge in [-0.3, -0.25) is 0 Å². The summed E-state index contributed by atoms with van der Waals surface area (Å²) in [5.74, 6) is -0.0948. The second-order valence-electron chi connectivity index (χ2n) is 16.3. The highest BCUT2D eigenvalue weighted by atomic mass is 15.2. The molecule has 0 aromatic heterocycles. The predicted molar refractivity (Wildman–Crippen MR) is 208 cm³/mol. The normalized spacial score (nSPS) is 28.2. The first-order valence-corrected chi connectivity index (χ1v) is 17.9. The summed E-state index contributed by atoms with van der Waals surface area (Å²) in [6, 6.07) is 8.88. The first kappa shape index (κ1) is 34.4. The minimum atomic E-state index is -0.337. The van der Waals surface area contributed by atoms with Crippen molar-refractivity contribution in [3.63, 3.8) is 0 Å². The molecule has 4 bridgehead atoms.